The van der Waals surface area contributed by atoms with Crippen molar-refractivity contribution in [1.29, 1.82) is 0 Å². The fourth-order valence-electron chi connectivity index (χ4n) is 4.86. The van der Waals surface area contributed by atoms with E-state index in [2.05, 4.69) is 49.4 Å². The van der Waals surface area contributed by atoms with Gasteiger partial charge in [0.15, 0.2) is 0 Å². The highest BCUT2D eigenvalue weighted by Gasteiger charge is 2.50. The maximum Gasteiger partial charge on any atom is 0.221 e. The van der Waals surface area contributed by atoms with Gasteiger partial charge in [0.25, 0.3) is 0 Å². The molecule has 2 unspecified atom stereocenters. The number of hydrogen-bond donors (Lipinski definition) is 1. The molecular weight excluding hydrogens is 350 g/mol. The Morgan fingerprint density at radius 2 is 1.89 bits per heavy atom. The van der Waals surface area contributed by atoms with E-state index in [0.29, 0.717) is 18.3 Å². The van der Waals surface area contributed by atoms with Crippen LogP contribution in [0.4, 0.5) is 0 Å². The zero-order valence-electron chi connectivity index (χ0n) is 16.5. The van der Waals surface area contributed by atoms with E-state index >= 15 is 0 Å². The average Bonchev–Trinajstić information content (AvgIpc) is 3.31. The van der Waals surface area contributed by atoms with Crippen LogP contribution in [0.1, 0.15) is 43.2 Å². The van der Waals surface area contributed by atoms with Crippen molar-refractivity contribution in [2.75, 3.05) is 7.05 Å². The summed E-state index contributed by atoms with van der Waals surface area (Å²) in [5.41, 5.74) is 9.85. The fourth-order valence-corrected chi connectivity index (χ4v) is 4.86. The third kappa shape index (κ3) is 2.85. The van der Waals surface area contributed by atoms with Crippen molar-refractivity contribution in [2.24, 2.45) is 16.6 Å². The Hall–Kier alpha value is -2.53. The summed E-state index contributed by atoms with van der Waals surface area (Å²) in [6, 6.07) is 14.9. The van der Waals surface area contributed by atoms with Crippen LogP contribution in [-0.4, -0.2) is 24.2 Å². The number of ether oxygens (including phenoxy) is 1. The normalized spacial score (nSPS) is 27.0. The van der Waals surface area contributed by atoms with E-state index in [4.69, 9.17) is 20.3 Å². The zero-order chi connectivity index (χ0) is 19.3. The maximum absolute atomic E-state index is 6.48. The molecule has 0 bridgehead atoms. The highest BCUT2D eigenvalue weighted by molar-refractivity contribution is 5.79. The molecule has 5 nitrogen and oxygen atoms in total. The second-order valence-corrected chi connectivity index (χ2v) is 8.33. The minimum atomic E-state index is -0.792. The van der Waals surface area contributed by atoms with Crippen LogP contribution in [-0.2, 0) is 10.6 Å². The molecule has 0 amide bonds. The lowest BCUT2D eigenvalue weighted by Gasteiger charge is -2.39. The van der Waals surface area contributed by atoms with Gasteiger partial charge < -0.3 is 10.5 Å². The third-order valence-corrected chi connectivity index (χ3v) is 6.34. The number of benzene rings is 2. The van der Waals surface area contributed by atoms with Gasteiger partial charge in [-0.25, -0.2) is 14.9 Å². The first kappa shape index (κ1) is 17.6. The Kier molecular flexibility index (Phi) is 4.09. The van der Waals surface area contributed by atoms with Crippen LogP contribution < -0.4 is 10.5 Å². The summed E-state index contributed by atoms with van der Waals surface area (Å²) in [4.78, 5) is 11.1. The Bertz CT molecular complexity index is 935. The van der Waals surface area contributed by atoms with Crippen LogP contribution in [0.3, 0.4) is 0 Å². The van der Waals surface area contributed by atoms with Crippen molar-refractivity contribution in [2.45, 2.75) is 50.9 Å². The van der Waals surface area contributed by atoms with Crippen molar-refractivity contribution in [3.05, 3.63) is 53.6 Å². The van der Waals surface area contributed by atoms with Gasteiger partial charge >= 0.3 is 0 Å². The van der Waals surface area contributed by atoms with Crippen molar-refractivity contribution >= 4 is 5.96 Å². The molecule has 146 valence electrons. The van der Waals surface area contributed by atoms with Gasteiger partial charge in [-0.2, -0.15) is 0 Å². The first-order chi connectivity index (χ1) is 13.5. The van der Waals surface area contributed by atoms with Gasteiger partial charge in [-0.3, -0.25) is 0 Å². The second-order valence-electron chi connectivity index (χ2n) is 8.33. The predicted octanol–water partition coefficient (Wildman–Crippen LogP) is 4.35. The smallest absolute Gasteiger partial charge is 0.221 e. The maximum atomic E-state index is 6.48. The molecule has 3 aliphatic rings. The van der Waals surface area contributed by atoms with Crippen LogP contribution in [0.15, 0.2) is 47.5 Å². The van der Waals surface area contributed by atoms with Crippen LogP contribution in [0.25, 0.3) is 11.1 Å². The van der Waals surface area contributed by atoms with E-state index in [1.807, 2.05) is 7.05 Å². The number of rotatable bonds is 2. The second kappa shape index (κ2) is 6.52. The lowest BCUT2D eigenvalue weighted by atomic mass is 9.85. The van der Waals surface area contributed by atoms with Gasteiger partial charge in [0, 0.05) is 13.5 Å². The van der Waals surface area contributed by atoms with Gasteiger partial charge in [0.2, 0.25) is 11.7 Å². The highest BCUT2D eigenvalue weighted by Crippen LogP contribution is 2.49. The van der Waals surface area contributed by atoms with Crippen LogP contribution in [0.2, 0.25) is 0 Å². The number of guanidine groups is 1. The predicted molar refractivity (Wildman–Crippen MR) is 110 cm³/mol. The molecule has 0 aromatic heterocycles. The molecule has 2 heterocycles. The van der Waals surface area contributed by atoms with Gasteiger partial charge in [-0.15, -0.1) is 0 Å². The third-order valence-electron chi connectivity index (χ3n) is 6.34. The van der Waals surface area contributed by atoms with E-state index in [9.17, 15) is 0 Å². The number of hydroxylamine groups is 2. The first-order valence-corrected chi connectivity index (χ1v) is 10.2. The molecule has 1 spiro atoms. The number of hydrogen-bond acceptors (Lipinski definition) is 5. The fraction of sp³-hybridized carbons (Fsp3) is 0.435. The van der Waals surface area contributed by atoms with Crippen molar-refractivity contribution in [3.8, 4) is 16.9 Å². The molecule has 28 heavy (non-hydrogen) atoms. The number of fused-ring (bicyclic) bond motifs is 2. The van der Waals surface area contributed by atoms with Crippen LogP contribution >= 0.6 is 0 Å². The number of aliphatic imine (C=N–C) groups is 1. The van der Waals surface area contributed by atoms with Gasteiger partial charge in [0.05, 0.1) is 5.56 Å². The number of nitrogens with zero attached hydrogens (tertiary/aromatic N) is 2. The minimum absolute atomic E-state index is 0.114. The number of nitrogens with two attached hydrogens (primary N) is 1. The summed E-state index contributed by atoms with van der Waals surface area (Å²) >= 11 is 0. The first-order valence-electron chi connectivity index (χ1n) is 10.2. The Labute approximate surface area is 166 Å². The Balaban J connectivity index is 1.60. The zero-order valence-corrected chi connectivity index (χ0v) is 16.5. The summed E-state index contributed by atoms with van der Waals surface area (Å²) in [5.74, 6) is 1.85. The van der Waals surface area contributed by atoms with Crippen molar-refractivity contribution in [1.82, 2.24) is 5.06 Å². The van der Waals surface area contributed by atoms with Crippen molar-refractivity contribution < 1.29 is 9.57 Å². The molecule has 1 aliphatic carbocycles. The molecule has 2 aliphatic heterocycles. The SMILES string of the molecule is Cc1cccc(-c2ccc3c(c2)C2(CC(C4CCCC4)O3)N=C(N)N(C)O2)c1. The molecule has 2 atom stereocenters. The quantitative estimate of drug-likeness (QED) is 0.845. The van der Waals surface area contributed by atoms with E-state index < -0.39 is 5.72 Å². The lowest BCUT2D eigenvalue weighted by molar-refractivity contribution is -0.194. The van der Waals surface area contributed by atoms with Gasteiger partial charge in [0.1, 0.15) is 11.9 Å². The topological polar surface area (TPSA) is 60.1 Å². The van der Waals surface area contributed by atoms with E-state index in [1.54, 1.807) is 5.06 Å². The van der Waals surface area contributed by atoms with Gasteiger partial charge in [-0.1, -0.05) is 48.7 Å². The molecule has 0 saturated heterocycles. The number of aryl methyl sites for hydroxylation is 1. The summed E-state index contributed by atoms with van der Waals surface area (Å²) in [6.07, 6.45) is 5.81. The lowest BCUT2D eigenvalue weighted by Crippen LogP contribution is -2.42. The molecular formula is C23H27N3O2. The van der Waals surface area contributed by atoms with E-state index in [1.165, 1.54) is 36.8 Å². The van der Waals surface area contributed by atoms with Crippen LogP contribution in [0.5, 0.6) is 5.75 Å². The standard InChI is InChI=1S/C23H27N3O2/c1-15-6-5-9-17(12-15)18-10-11-20-19(13-18)23(25-22(24)26(2)28-23)14-21(27-20)16-7-3-4-8-16/h5-6,9-13,16,21H,3-4,7-8,14H2,1-2H3,(H2,24,25). The molecule has 2 N–H and O–H groups in total. The van der Waals surface area contributed by atoms with E-state index in [0.717, 1.165) is 16.9 Å². The van der Waals surface area contributed by atoms with Gasteiger partial charge in [-0.05, 0) is 48.9 Å². The highest BCUT2D eigenvalue weighted by atomic mass is 16.7. The summed E-state index contributed by atoms with van der Waals surface area (Å²) in [5, 5.41) is 1.58. The summed E-state index contributed by atoms with van der Waals surface area (Å²) in [7, 11) is 1.82. The molecule has 2 aromatic carbocycles. The summed E-state index contributed by atoms with van der Waals surface area (Å²) in [6.45, 7) is 2.11. The minimum Gasteiger partial charge on any atom is -0.489 e. The molecule has 2 aromatic rings. The Morgan fingerprint density at radius 3 is 2.61 bits per heavy atom. The largest absolute Gasteiger partial charge is 0.489 e. The molecule has 5 heteroatoms. The average molecular weight is 377 g/mol. The van der Waals surface area contributed by atoms with Crippen molar-refractivity contribution in [3.63, 3.8) is 0 Å². The van der Waals surface area contributed by atoms with E-state index in [-0.39, 0.29) is 6.10 Å². The van der Waals surface area contributed by atoms with Crippen LogP contribution in [0, 0.1) is 12.8 Å². The Morgan fingerprint density at radius 1 is 1.11 bits per heavy atom. The molecule has 5 rings (SSSR count). The monoisotopic (exact) mass is 377 g/mol. The molecule has 1 fully saturated rings. The molecule has 0 radical (unpaired) electrons. The summed E-state index contributed by atoms with van der Waals surface area (Å²) < 4.78 is 6.48. The molecule has 1 saturated carbocycles.